The van der Waals surface area contributed by atoms with Gasteiger partial charge in [-0.1, -0.05) is 6.58 Å². The summed E-state index contributed by atoms with van der Waals surface area (Å²) in [5, 5.41) is 3.33. The Morgan fingerprint density at radius 2 is 1.97 bits per heavy atom. The average molecular weight is 495 g/mol. The lowest BCUT2D eigenvalue weighted by Crippen LogP contribution is -2.48. The minimum atomic E-state index is -0.140. The predicted octanol–water partition coefficient (Wildman–Crippen LogP) is 1.49. The van der Waals surface area contributed by atoms with E-state index in [2.05, 4.69) is 36.7 Å². The number of aromatic nitrogens is 5. The van der Waals surface area contributed by atoms with Crippen molar-refractivity contribution in [3.63, 3.8) is 0 Å². The lowest BCUT2D eigenvalue weighted by atomic mass is 10.2. The molecule has 0 bridgehead atoms. The van der Waals surface area contributed by atoms with Gasteiger partial charge >= 0.3 is 6.03 Å². The molecular formula is C24H34N10O2. The number of carbonyl (C=O) groups is 2. The van der Waals surface area contributed by atoms with Gasteiger partial charge in [0.05, 0.1) is 30.8 Å². The van der Waals surface area contributed by atoms with Crippen molar-refractivity contribution in [1.29, 1.82) is 0 Å². The smallest absolute Gasteiger partial charge is 0.327 e. The lowest BCUT2D eigenvalue weighted by Gasteiger charge is -2.34. The fourth-order valence-electron chi connectivity index (χ4n) is 4.90. The van der Waals surface area contributed by atoms with Gasteiger partial charge in [-0.2, -0.15) is 15.0 Å². The summed E-state index contributed by atoms with van der Waals surface area (Å²) in [5.74, 6) is 1.90. The maximum absolute atomic E-state index is 12.8. The summed E-state index contributed by atoms with van der Waals surface area (Å²) in [7, 11) is 1.82. The van der Waals surface area contributed by atoms with Crippen molar-refractivity contribution in [2.75, 3.05) is 50.0 Å². The number of hydrogen-bond donors (Lipinski definition) is 1. The number of rotatable bonds is 8. The first kappa shape index (κ1) is 24.2. The molecule has 0 aromatic carbocycles. The maximum atomic E-state index is 12.8. The van der Waals surface area contributed by atoms with Crippen molar-refractivity contribution >= 4 is 23.8 Å². The Balaban J connectivity index is 1.23. The summed E-state index contributed by atoms with van der Waals surface area (Å²) in [4.78, 5) is 50.4. The van der Waals surface area contributed by atoms with Crippen LogP contribution in [0.15, 0.2) is 25.2 Å². The third kappa shape index (κ3) is 5.03. The third-order valence-electron chi connectivity index (χ3n) is 7.11. The van der Waals surface area contributed by atoms with Crippen LogP contribution in [0.5, 0.6) is 0 Å². The summed E-state index contributed by atoms with van der Waals surface area (Å²) in [6, 6.07) is -0.0916. The van der Waals surface area contributed by atoms with Crippen molar-refractivity contribution in [1.82, 2.24) is 39.2 Å². The highest BCUT2D eigenvalue weighted by molar-refractivity contribution is 5.93. The minimum Gasteiger partial charge on any atom is -0.346 e. The lowest BCUT2D eigenvalue weighted by molar-refractivity contribution is -0.127. The average Bonchev–Trinajstić information content (AvgIpc) is 3.53. The number of hydrogen-bond acceptors (Lipinski definition) is 8. The first-order valence-electron chi connectivity index (χ1n) is 12.5. The molecule has 3 amide bonds. The van der Waals surface area contributed by atoms with Crippen molar-refractivity contribution in [3.8, 4) is 0 Å². The summed E-state index contributed by atoms with van der Waals surface area (Å²) < 4.78 is 2.04. The van der Waals surface area contributed by atoms with Gasteiger partial charge < -0.3 is 19.7 Å². The normalized spacial score (nSPS) is 21.7. The second-order valence-corrected chi connectivity index (χ2v) is 9.91. The molecule has 2 saturated heterocycles. The third-order valence-corrected chi connectivity index (χ3v) is 7.11. The van der Waals surface area contributed by atoms with E-state index in [4.69, 9.17) is 0 Å². The number of carbonyl (C=O) groups excluding carboxylic acids is 2. The van der Waals surface area contributed by atoms with Crippen LogP contribution in [0, 0.1) is 12.8 Å². The molecule has 3 aliphatic rings. The van der Waals surface area contributed by atoms with Crippen LogP contribution in [0.2, 0.25) is 0 Å². The standard InChI is InChI=1S/C24H34N10O2/c1-5-21(35)33-10-8-31(9-11-33)15-32-12-19(25-14-32)16(2)26-22-27-17(3)28-23(29-22)34-20(18-6-7-18)13-30(4)24(34)36/h5,12,14,16,18,20H,1,6-11,13,15H2,2-4H3,(H,26,27,28,29)/t16-,20?/m0/s1. The fourth-order valence-corrected chi connectivity index (χ4v) is 4.90. The van der Waals surface area contributed by atoms with E-state index in [1.54, 1.807) is 9.80 Å². The first-order valence-corrected chi connectivity index (χ1v) is 12.5. The van der Waals surface area contributed by atoms with Gasteiger partial charge in [0, 0.05) is 46.0 Å². The van der Waals surface area contributed by atoms with E-state index in [1.807, 2.05) is 42.9 Å². The van der Waals surface area contributed by atoms with Crippen molar-refractivity contribution in [3.05, 3.63) is 36.7 Å². The Morgan fingerprint density at radius 3 is 2.67 bits per heavy atom. The molecule has 2 aromatic rings. The summed E-state index contributed by atoms with van der Waals surface area (Å²) in [6.07, 6.45) is 7.48. The Labute approximate surface area is 211 Å². The van der Waals surface area contributed by atoms with Crippen LogP contribution in [0.4, 0.5) is 16.7 Å². The van der Waals surface area contributed by atoms with E-state index in [9.17, 15) is 9.59 Å². The zero-order chi connectivity index (χ0) is 25.4. The maximum Gasteiger partial charge on any atom is 0.327 e. The van der Waals surface area contributed by atoms with Crippen LogP contribution in [-0.2, 0) is 11.5 Å². The van der Waals surface area contributed by atoms with Crippen LogP contribution in [0.25, 0.3) is 0 Å². The molecule has 2 aliphatic heterocycles. The number of urea groups is 1. The highest BCUT2D eigenvalue weighted by Gasteiger charge is 2.46. The van der Waals surface area contributed by atoms with Gasteiger partial charge in [-0.05, 0) is 38.7 Å². The molecule has 1 N–H and O–H groups in total. The Hall–Kier alpha value is -3.54. The Morgan fingerprint density at radius 1 is 1.22 bits per heavy atom. The zero-order valence-corrected chi connectivity index (χ0v) is 21.2. The molecule has 0 radical (unpaired) electrons. The molecule has 5 rings (SSSR count). The van der Waals surface area contributed by atoms with E-state index in [-0.39, 0.29) is 24.0 Å². The monoisotopic (exact) mass is 494 g/mol. The molecule has 192 valence electrons. The second-order valence-electron chi connectivity index (χ2n) is 9.91. The number of aryl methyl sites for hydroxylation is 1. The molecule has 4 heterocycles. The molecule has 2 aromatic heterocycles. The van der Waals surface area contributed by atoms with Gasteiger partial charge in [-0.15, -0.1) is 0 Å². The molecule has 1 unspecified atom stereocenters. The van der Waals surface area contributed by atoms with Crippen LogP contribution < -0.4 is 10.2 Å². The highest BCUT2D eigenvalue weighted by Crippen LogP contribution is 2.39. The fraction of sp³-hybridized carbons (Fsp3) is 0.583. The van der Waals surface area contributed by atoms with Crippen molar-refractivity contribution < 1.29 is 9.59 Å². The number of nitrogens with one attached hydrogen (secondary N) is 1. The van der Waals surface area contributed by atoms with Gasteiger partial charge in [0.25, 0.3) is 0 Å². The van der Waals surface area contributed by atoms with E-state index in [1.165, 1.54) is 6.08 Å². The van der Waals surface area contributed by atoms with E-state index >= 15 is 0 Å². The molecule has 1 aliphatic carbocycles. The number of imidazole rings is 1. The largest absolute Gasteiger partial charge is 0.346 e. The Kier molecular flexibility index (Phi) is 6.61. The van der Waals surface area contributed by atoms with Gasteiger partial charge in [0.1, 0.15) is 5.82 Å². The number of amides is 3. The van der Waals surface area contributed by atoms with Crippen LogP contribution in [-0.4, -0.2) is 97.0 Å². The van der Waals surface area contributed by atoms with Crippen molar-refractivity contribution in [2.45, 2.75) is 45.4 Å². The van der Waals surface area contributed by atoms with Crippen LogP contribution in [0.1, 0.15) is 37.3 Å². The number of anilines is 2. The number of piperazine rings is 1. The topological polar surface area (TPSA) is 116 Å². The summed E-state index contributed by atoms with van der Waals surface area (Å²) >= 11 is 0. The minimum absolute atomic E-state index is 0.0135. The Bertz CT molecular complexity index is 1140. The highest BCUT2D eigenvalue weighted by atomic mass is 16.2. The van der Waals surface area contributed by atoms with Crippen LogP contribution >= 0.6 is 0 Å². The quantitative estimate of drug-likeness (QED) is 0.549. The van der Waals surface area contributed by atoms with Gasteiger partial charge in [-0.3, -0.25) is 14.6 Å². The molecule has 12 nitrogen and oxygen atoms in total. The van der Waals surface area contributed by atoms with Crippen LogP contribution in [0.3, 0.4) is 0 Å². The summed E-state index contributed by atoms with van der Waals surface area (Å²) in [6.45, 7) is 11.8. The zero-order valence-electron chi connectivity index (χ0n) is 21.2. The molecular weight excluding hydrogens is 460 g/mol. The van der Waals surface area contributed by atoms with E-state index in [0.29, 0.717) is 49.9 Å². The summed E-state index contributed by atoms with van der Waals surface area (Å²) in [5.41, 5.74) is 0.864. The van der Waals surface area contributed by atoms with Gasteiger partial charge in [0.2, 0.25) is 17.8 Å². The van der Waals surface area contributed by atoms with Gasteiger partial charge in [-0.25, -0.2) is 9.78 Å². The van der Waals surface area contributed by atoms with E-state index in [0.717, 1.165) is 31.6 Å². The molecule has 2 atom stereocenters. The predicted molar refractivity (Wildman–Crippen MR) is 134 cm³/mol. The molecule has 36 heavy (non-hydrogen) atoms. The number of likely N-dealkylation sites (N-methyl/N-ethyl adjacent to an activating group) is 1. The molecule has 1 saturated carbocycles. The van der Waals surface area contributed by atoms with E-state index < -0.39 is 0 Å². The number of nitrogens with zero attached hydrogens (tertiary/aromatic N) is 9. The molecule has 3 fully saturated rings. The molecule has 0 spiro atoms. The SMILES string of the molecule is C=CC(=O)N1CCN(Cn2cnc([C@H](C)Nc3nc(C)nc(N4C(=O)N(C)CC4C4CC4)n3)c2)CC1. The first-order chi connectivity index (χ1) is 17.3. The van der Waals surface area contributed by atoms with Gasteiger partial charge in [0.15, 0.2) is 0 Å². The van der Waals surface area contributed by atoms with Crippen molar-refractivity contribution in [2.24, 2.45) is 5.92 Å². The second kappa shape index (κ2) is 9.84. The molecule has 12 heteroatoms.